The molecule has 0 saturated carbocycles. The lowest BCUT2D eigenvalue weighted by molar-refractivity contribution is -0.385. The molecule has 0 aromatic heterocycles. The van der Waals surface area contributed by atoms with Crippen molar-refractivity contribution in [3.05, 3.63) is 33.9 Å². The summed E-state index contributed by atoms with van der Waals surface area (Å²) in [6, 6.07) is 4.63. The van der Waals surface area contributed by atoms with Gasteiger partial charge in [0.15, 0.2) is 0 Å². The predicted octanol–water partition coefficient (Wildman–Crippen LogP) is 2.28. The van der Waals surface area contributed by atoms with Crippen LogP contribution in [0.4, 0.5) is 11.4 Å². The second kappa shape index (κ2) is 4.64. The van der Waals surface area contributed by atoms with Crippen LogP contribution in [0.15, 0.2) is 18.2 Å². The SMILES string of the molecule is CC1CCCN1c1ccc(C(=O)O)c([N+](=O)[O-])c1. The molecule has 1 atom stereocenters. The van der Waals surface area contributed by atoms with Gasteiger partial charge in [0.25, 0.3) is 5.69 Å². The molecule has 1 aromatic carbocycles. The lowest BCUT2D eigenvalue weighted by Crippen LogP contribution is -2.26. The van der Waals surface area contributed by atoms with Crippen LogP contribution in [-0.4, -0.2) is 28.6 Å². The summed E-state index contributed by atoms with van der Waals surface area (Å²) < 4.78 is 0. The van der Waals surface area contributed by atoms with Gasteiger partial charge in [0, 0.05) is 24.3 Å². The molecule has 2 rings (SSSR count). The Labute approximate surface area is 104 Å². The Morgan fingerprint density at radius 2 is 2.28 bits per heavy atom. The molecule has 1 aliphatic heterocycles. The normalized spacial score (nSPS) is 18.9. The first-order valence-corrected chi connectivity index (χ1v) is 5.79. The third-order valence-corrected chi connectivity index (χ3v) is 3.29. The topological polar surface area (TPSA) is 83.7 Å². The van der Waals surface area contributed by atoms with Crippen molar-refractivity contribution in [3.8, 4) is 0 Å². The van der Waals surface area contributed by atoms with Crippen molar-refractivity contribution in [1.82, 2.24) is 0 Å². The van der Waals surface area contributed by atoms with Crippen LogP contribution in [-0.2, 0) is 0 Å². The summed E-state index contributed by atoms with van der Waals surface area (Å²) in [5, 5.41) is 19.8. The van der Waals surface area contributed by atoms with Gasteiger partial charge in [-0.3, -0.25) is 10.1 Å². The van der Waals surface area contributed by atoms with E-state index in [2.05, 4.69) is 11.8 Å². The summed E-state index contributed by atoms with van der Waals surface area (Å²) in [7, 11) is 0. The summed E-state index contributed by atoms with van der Waals surface area (Å²) in [5.41, 5.74) is 0.103. The average molecular weight is 250 g/mol. The number of nitro groups is 1. The summed E-state index contributed by atoms with van der Waals surface area (Å²) in [5.74, 6) is -1.28. The molecule has 1 saturated heterocycles. The fraction of sp³-hybridized carbons (Fsp3) is 0.417. The quantitative estimate of drug-likeness (QED) is 0.657. The van der Waals surface area contributed by atoms with E-state index >= 15 is 0 Å². The summed E-state index contributed by atoms with van der Waals surface area (Å²) >= 11 is 0. The van der Waals surface area contributed by atoms with Crippen LogP contribution >= 0.6 is 0 Å². The smallest absolute Gasteiger partial charge is 0.342 e. The highest BCUT2D eigenvalue weighted by atomic mass is 16.6. The molecule has 6 nitrogen and oxygen atoms in total. The summed E-state index contributed by atoms with van der Waals surface area (Å²) in [4.78, 5) is 23.2. The highest BCUT2D eigenvalue weighted by Gasteiger charge is 2.25. The number of nitrogens with zero attached hydrogens (tertiary/aromatic N) is 2. The van der Waals surface area contributed by atoms with Crippen LogP contribution < -0.4 is 4.90 Å². The number of aromatic carboxylic acids is 1. The van der Waals surface area contributed by atoms with Gasteiger partial charge < -0.3 is 10.0 Å². The zero-order valence-corrected chi connectivity index (χ0v) is 10.00. The van der Waals surface area contributed by atoms with E-state index in [1.807, 2.05) is 0 Å². The van der Waals surface area contributed by atoms with Crippen molar-refractivity contribution >= 4 is 17.3 Å². The van der Waals surface area contributed by atoms with E-state index in [4.69, 9.17) is 5.11 Å². The predicted molar refractivity (Wildman–Crippen MR) is 66.1 cm³/mol. The number of benzene rings is 1. The fourth-order valence-corrected chi connectivity index (χ4v) is 2.35. The Morgan fingerprint density at radius 3 is 2.78 bits per heavy atom. The number of carboxylic acids is 1. The molecule has 0 bridgehead atoms. The van der Waals surface area contributed by atoms with Gasteiger partial charge in [0.05, 0.1) is 4.92 Å². The standard InChI is InChI=1S/C12H14N2O4/c1-8-3-2-6-13(8)9-4-5-10(12(15)16)11(7-9)14(17)18/h4-5,7-8H,2-3,6H2,1H3,(H,15,16). The number of hydrogen-bond acceptors (Lipinski definition) is 4. The summed E-state index contributed by atoms with van der Waals surface area (Å²) in [6.45, 7) is 2.91. The van der Waals surface area contributed by atoms with Crippen molar-refractivity contribution < 1.29 is 14.8 Å². The van der Waals surface area contributed by atoms with E-state index in [-0.39, 0.29) is 11.3 Å². The van der Waals surface area contributed by atoms with E-state index in [1.54, 1.807) is 6.07 Å². The van der Waals surface area contributed by atoms with Crippen LogP contribution in [0.5, 0.6) is 0 Å². The van der Waals surface area contributed by atoms with Gasteiger partial charge in [-0.2, -0.15) is 0 Å². The van der Waals surface area contributed by atoms with Gasteiger partial charge in [0.2, 0.25) is 0 Å². The molecule has 0 spiro atoms. The Morgan fingerprint density at radius 1 is 1.56 bits per heavy atom. The highest BCUT2D eigenvalue weighted by Crippen LogP contribution is 2.30. The Hall–Kier alpha value is -2.11. The van der Waals surface area contributed by atoms with Crippen molar-refractivity contribution in [3.63, 3.8) is 0 Å². The summed E-state index contributed by atoms with van der Waals surface area (Å²) in [6.07, 6.45) is 2.10. The second-order valence-electron chi connectivity index (χ2n) is 4.45. The first kappa shape index (κ1) is 12.3. The van der Waals surface area contributed by atoms with Crippen molar-refractivity contribution in [2.75, 3.05) is 11.4 Å². The van der Waals surface area contributed by atoms with Gasteiger partial charge in [0.1, 0.15) is 5.56 Å². The van der Waals surface area contributed by atoms with Crippen molar-refractivity contribution in [2.24, 2.45) is 0 Å². The van der Waals surface area contributed by atoms with E-state index in [1.165, 1.54) is 12.1 Å². The lowest BCUT2D eigenvalue weighted by atomic mass is 10.1. The number of carboxylic acid groups (broad SMARTS) is 1. The van der Waals surface area contributed by atoms with Crippen molar-refractivity contribution in [1.29, 1.82) is 0 Å². The van der Waals surface area contributed by atoms with Crippen LogP contribution in [0.2, 0.25) is 0 Å². The van der Waals surface area contributed by atoms with Crippen LogP contribution in [0.3, 0.4) is 0 Å². The molecular formula is C12H14N2O4. The minimum absolute atomic E-state index is 0.268. The van der Waals surface area contributed by atoms with E-state index in [0.717, 1.165) is 25.1 Å². The molecule has 0 radical (unpaired) electrons. The average Bonchev–Trinajstić information content (AvgIpc) is 2.74. The number of nitro benzene ring substituents is 1. The second-order valence-corrected chi connectivity index (χ2v) is 4.45. The fourth-order valence-electron chi connectivity index (χ4n) is 2.35. The highest BCUT2D eigenvalue weighted by molar-refractivity contribution is 5.93. The van der Waals surface area contributed by atoms with Crippen LogP contribution in [0.1, 0.15) is 30.1 Å². The zero-order chi connectivity index (χ0) is 13.3. The third kappa shape index (κ3) is 2.13. The molecule has 6 heteroatoms. The molecule has 18 heavy (non-hydrogen) atoms. The van der Waals surface area contributed by atoms with Gasteiger partial charge in [-0.25, -0.2) is 4.79 Å². The molecule has 96 valence electrons. The molecule has 0 amide bonds. The molecule has 1 aromatic rings. The van der Waals surface area contributed by atoms with Gasteiger partial charge in [-0.05, 0) is 31.9 Å². The Bertz CT molecular complexity index is 501. The molecule has 0 aliphatic carbocycles. The van der Waals surface area contributed by atoms with Crippen molar-refractivity contribution in [2.45, 2.75) is 25.8 Å². The zero-order valence-electron chi connectivity index (χ0n) is 10.00. The largest absolute Gasteiger partial charge is 0.477 e. The molecular weight excluding hydrogens is 236 g/mol. The lowest BCUT2D eigenvalue weighted by Gasteiger charge is -2.23. The molecule has 1 N–H and O–H groups in total. The maximum atomic E-state index is 10.9. The third-order valence-electron chi connectivity index (χ3n) is 3.29. The number of carbonyl (C=O) groups is 1. The molecule has 1 fully saturated rings. The number of rotatable bonds is 3. The van der Waals surface area contributed by atoms with Gasteiger partial charge in [-0.1, -0.05) is 0 Å². The van der Waals surface area contributed by atoms with Crippen LogP contribution in [0.25, 0.3) is 0 Å². The molecule has 1 heterocycles. The Balaban J connectivity index is 2.43. The number of anilines is 1. The monoisotopic (exact) mass is 250 g/mol. The maximum absolute atomic E-state index is 10.9. The van der Waals surface area contributed by atoms with E-state index in [9.17, 15) is 14.9 Å². The minimum Gasteiger partial charge on any atom is -0.477 e. The first-order chi connectivity index (χ1) is 8.50. The van der Waals surface area contributed by atoms with E-state index in [0.29, 0.717) is 6.04 Å². The molecule has 1 unspecified atom stereocenters. The Kier molecular flexibility index (Phi) is 3.18. The number of hydrogen-bond donors (Lipinski definition) is 1. The molecule has 1 aliphatic rings. The van der Waals surface area contributed by atoms with Crippen LogP contribution in [0, 0.1) is 10.1 Å². The maximum Gasteiger partial charge on any atom is 0.342 e. The van der Waals surface area contributed by atoms with E-state index < -0.39 is 10.9 Å². The van der Waals surface area contributed by atoms with Gasteiger partial charge in [-0.15, -0.1) is 0 Å². The first-order valence-electron chi connectivity index (χ1n) is 5.79. The van der Waals surface area contributed by atoms with Gasteiger partial charge >= 0.3 is 5.97 Å². The minimum atomic E-state index is -1.28.